The van der Waals surface area contributed by atoms with E-state index >= 15 is 0 Å². The normalized spacial score (nSPS) is 18.9. The van der Waals surface area contributed by atoms with Crippen molar-refractivity contribution in [2.24, 2.45) is 0 Å². The molecule has 0 spiro atoms. The van der Waals surface area contributed by atoms with E-state index in [9.17, 15) is 30.3 Å². The zero-order valence-electron chi connectivity index (χ0n) is 48.7. The molecule has 1 saturated heterocycles. The molecule has 1 aliphatic rings. The highest BCUT2D eigenvalue weighted by Crippen LogP contribution is 2.24. The van der Waals surface area contributed by atoms with Gasteiger partial charge in [-0.05, 0) is 12.8 Å². The summed E-state index contributed by atoms with van der Waals surface area (Å²) in [6, 6.07) is -0.714. The van der Waals surface area contributed by atoms with E-state index in [1.54, 1.807) is 0 Å². The first-order valence-electron chi connectivity index (χ1n) is 32.7. The number of aliphatic hydroxyl groups excluding tert-OH is 5. The zero-order valence-corrected chi connectivity index (χ0v) is 48.7. The van der Waals surface area contributed by atoms with Gasteiger partial charge in [-0.1, -0.05) is 328 Å². The number of carbonyl (C=O) groups is 1. The number of unbranched alkanes of at least 4 members (excludes halogenated alkanes) is 48. The summed E-state index contributed by atoms with van der Waals surface area (Å²) >= 11 is 0. The molecule has 1 rings (SSSR count). The van der Waals surface area contributed by atoms with Gasteiger partial charge in [0, 0.05) is 6.42 Å². The van der Waals surface area contributed by atoms with E-state index in [2.05, 4.69) is 19.2 Å². The van der Waals surface area contributed by atoms with Crippen LogP contribution >= 0.6 is 0 Å². The van der Waals surface area contributed by atoms with Crippen LogP contribution in [0.3, 0.4) is 0 Å². The molecule has 0 aromatic rings. The molecule has 73 heavy (non-hydrogen) atoms. The monoisotopic (exact) mass is 1040 g/mol. The number of hydrogen-bond acceptors (Lipinski definition) is 8. The number of aliphatic hydroxyl groups is 5. The lowest BCUT2D eigenvalue weighted by Crippen LogP contribution is -2.60. The topological polar surface area (TPSA) is 149 Å². The van der Waals surface area contributed by atoms with Crippen LogP contribution in [0.15, 0.2) is 0 Å². The Morgan fingerprint density at radius 1 is 0.411 bits per heavy atom. The first-order valence-corrected chi connectivity index (χ1v) is 32.7. The number of carbonyl (C=O) groups excluding carboxylic acids is 1. The second-order valence-electron chi connectivity index (χ2n) is 23.3. The van der Waals surface area contributed by atoms with Crippen molar-refractivity contribution in [3.05, 3.63) is 0 Å². The van der Waals surface area contributed by atoms with Crippen LogP contribution < -0.4 is 5.32 Å². The molecule has 7 atom stereocenters. The highest BCUT2D eigenvalue weighted by Gasteiger charge is 2.44. The first-order chi connectivity index (χ1) is 35.8. The SMILES string of the molecule is CCCCCCCCCCCCCCCCCCCCCCCCCCCCCCCCCC(=O)NC(COC1OC(CO)C(O)C(O)C1O)C(O)CCCCCCCCCCCCCCCCCCCCC. The van der Waals surface area contributed by atoms with Gasteiger partial charge in [-0.2, -0.15) is 0 Å². The molecule has 6 N–H and O–H groups in total. The number of rotatable bonds is 58. The molecule has 9 nitrogen and oxygen atoms in total. The fraction of sp³-hybridized carbons (Fsp3) is 0.984. The minimum absolute atomic E-state index is 0.131. The van der Waals surface area contributed by atoms with Crippen LogP contribution in [0.5, 0.6) is 0 Å². The van der Waals surface area contributed by atoms with Gasteiger partial charge >= 0.3 is 0 Å². The van der Waals surface area contributed by atoms with Crippen molar-refractivity contribution in [2.45, 2.75) is 391 Å². The van der Waals surface area contributed by atoms with Crippen LogP contribution in [0.4, 0.5) is 0 Å². The van der Waals surface area contributed by atoms with Crippen molar-refractivity contribution in [3.8, 4) is 0 Å². The highest BCUT2D eigenvalue weighted by molar-refractivity contribution is 5.76. The Balaban J connectivity index is 2.10. The molecule has 1 heterocycles. The Bertz CT molecular complexity index is 1110. The Kier molecular flexibility index (Phi) is 52.5. The van der Waals surface area contributed by atoms with Crippen LogP contribution in [0.2, 0.25) is 0 Å². The predicted molar refractivity (Wildman–Crippen MR) is 309 cm³/mol. The molecule has 0 aromatic carbocycles. The zero-order chi connectivity index (χ0) is 52.9. The van der Waals surface area contributed by atoms with Crippen molar-refractivity contribution >= 4 is 5.91 Å². The van der Waals surface area contributed by atoms with Crippen molar-refractivity contribution in [1.29, 1.82) is 0 Å². The van der Waals surface area contributed by atoms with Crippen molar-refractivity contribution in [3.63, 3.8) is 0 Å². The smallest absolute Gasteiger partial charge is 0.220 e. The van der Waals surface area contributed by atoms with Gasteiger partial charge in [0.25, 0.3) is 0 Å². The van der Waals surface area contributed by atoms with E-state index in [0.29, 0.717) is 12.8 Å². The molecule has 1 aliphatic heterocycles. The summed E-state index contributed by atoms with van der Waals surface area (Å²) in [7, 11) is 0. The van der Waals surface area contributed by atoms with Crippen LogP contribution in [0.1, 0.15) is 348 Å². The van der Waals surface area contributed by atoms with E-state index in [1.807, 2.05) is 0 Å². The summed E-state index contributed by atoms with van der Waals surface area (Å²) in [4.78, 5) is 13.1. The maximum absolute atomic E-state index is 13.1. The van der Waals surface area contributed by atoms with Crippen LogP contribution in [0, 0.1) is 0 Å². The molecule has 436 valence electrons. The fourth-order valence-electron chi connectivity index (χ4n) is 11.0. The van der Waals surface area contributed by atoms with Gasteiger partial charge in [0.1, 0.15) is 24.4 Å². The molecule has 1 fully saturated rings. The molecule has 0 aromatic heterocycles. The quantitative estimate of drug-likeness (QED) is 0.0330. The van der Waals surface area contributed by atoms with Gasteiger partial charge in [-0.15, -0.1) is 0 Å². The molecule has 9 heteroatoms. The minimum Gasteiger partial charge on any atom is -0.394 e. The maximum Gasteiger partial charge on any atom is 0.220 e. The molecular weight excluding hydrogens is 911 g/mol. The van der Waals surface area contributed by atoms with Crippen molar-refractivity contribution < 1.29 is 39.8 Å². The minimum atomic E-state index is -1.55. The summed E-state index contributed by atoms with van der Waals surface area (Å²) in [5.41, 5.74) is 0. The summed E-state index contributed by atoms with van der Waals surface area (Å²) in [5, 5.41) is 54.8. The fourth-order valence-corrected chi connectivity index (χ4v) is 11.0. The average Bonchev–Trinajstić information content (AvgIpc) is 3.39. The molecular formula is C64H127NO8. The molecule has 1 amide bonds. The second-order valence-corrected chi connectivity index (χ2v) is 23.3. The van der Waals surface area contributed by atoms with Crippen molar-refractivity contribution in [1.82, 2.24) is 5.32 Å². The lowest BCUT2D eigenvalue weighted by Gasteiger charge is -2.40. The van der Waals surface area contributed by atoms with Gasteiger partial charge in [0.15, 0.2) is 6.29 Å². The Hall–Kier alpha value is -0.810. The third-order valence-electron chi connectivity index (χ3n) is 16.2. The van der Waals surface area contributed by atoms with Crippen molar-refractivity contribution in [2.75, 3.05) is 13.2 Å². The number of nitrogens with one attached hydrogen (secondary N) is 1. The predicted octanol–water partition coefficient (Wildman–Crippen LogP) is 17.0. The van der Waals surface area contributed by atoms with Gasteiger partial charge < -0.3 is 40.3 Å². The Morgan fingerprint density at radius 2 is 0.685 bits per heavy atom. The molecule has 0 radical (unpaired) electrons. The van der Waals surface area contributed by atoms with Crippen LogP contribution in [0.25, 0.3) is 0 Å². The van der Waals surface area contributed by atoms with Gasteiger partial charge in [-0.25, -0.2) is 0 Å². The van der Waals surface area contributed by atoms with Gasteiger partial charge in [-0.3, -0.25) is 4.79 Å². The van der Waals surface area contributed by atoms with E-state index in [1.165, 1.54) is 283 Å². The summed E-state index contributed by atoms with van der Waals surface area (Å²) in [5.74, 6) is -0.134. The highest BCUT2D eigenvalue weighted by atomic mass is 16.7. The molecule has 7 unspecified atom stereocenters. The number of ether oxygens (including phenoxy) is 2. The Labute approximate surface area is 453 Å². The average molecular weight is 1040 g/mol. The largest absolute Gasteiger partial charge is 0.394 e. The summed E-state index contributed by atoms with van der Waals surface area (Å²) < 4.78 is 11.3. The van der Waals surface area contributed by atoms with E-state index in [-0.39, 0.29) is 12.5 Å². The third kappa shape index (κ3) is 43.8. The van der Waals surface area contributed by atoms with Gasteiger partial charge in [0.05, 0.1) is 25.4 Å². The maximum atomic E-state index is 13.1. The number of amides is 1. The lowest BCUT2D eigenvalue weighted by atomic mass is 9.99. The number of hydrogen-bond donors (Lipinski definition) is 6. The Morgan fingerprint density at radius 3 is 0.973 bits per heavy atom. The summed E-state index contributed by atoms with van der Waals surface area (Å²) in [6.45, 7) is 3.90. The van der Waals surface area contributed by atoms with E-state index in [4.69, 9.17) is 9.47 Å². The molecule has 0 aliphatic carbocycles. The molecule has 0 bridgehead atoms. The second kappa shape index (κ2) is 54.5. The van der Waals surface area contributed by atoms with E-state index < -0.39 is 49.5 Å². The molecule has 0 saturated carbocycles. The van der Waals surface area contributed by atoms with Gasteiger partial charge in [0.2, 0.25) is 5.91 Å². The standard InChI is InChI=1S/C64H127NO8/c1-3-5-7-9-11-13-15-17-19-21-23-24-25-26-27-28-29-30-31-32-33-34-36-38-40-42-44-46-48-50-52-54-60(68)65-57(56-72-64-63(71)62(70)61(69)59(55-66)73-64)58(67)53-51-49-47-45-43-41-39-37-35-22-20-18-16-14-12-10-8-6-4-2/h57-59,61-64,66-67,69-71H,3-56H2,1-2H3,(H,65,68). The van der Waals surface area contributed by atoms with Crippen LogP contribution in [-0.2, 0) is 14.3 Å². The van der Waals surface area contributed by atoms with Crippen LogP contribution in [-0.4, -0.2) is 87.5 Å². The lowest BCUT2D eigenvalue weighted by molar-refractivity contribution is -0.302. The third-order valence-corrected chi connectivity index (χ3v) is 16.2. The first kappa shape index (κ1) is 70.2. The van der Waals surface area contributed by atoms with E-state index in [0.717, 1.165) is 38.5 Å². The summed E-state index contributed by atoms with van der Waals surface area (Å²) in [6.07, 6.45) is 60.2.